The largest absolute Gasteiger partial charge is 0.354 e. The zero-order valence-corrected chi connectivity index (χ0v) is 27.0. The first-order valence-electron chi connectivity index (χ1n) is 14.7. The summed E-state index contributed by atoms with van der Waals surface area (Å²) in [5.74, 6) is -0.355. The van der Waals surface area contributed by atoms with Crippen molar-refractivity contribution < 1.29 is 18.0 Å². The van der Waals surface area contributed by atoms with Crippen LogP contribution in [-0.4, -0.2) is 44.3 Å². The molecule has 4 aromatic carbocycles. The fraction of sp³-hybridized carbons (Fsp3) is 0.294. The van der Waals surface area contributed by atoms with Gasteiger partial charge in [-0.25, -0.2) is 8.42 Å². The number of rotatable bonds is 12. The Morgan fingerprint density at radius 1 is 0.886 bits per heavy atom. The molecule has 44 heavy (non-hydrogen) atoms. The lowest BCUT2D eigenvalue weighted by Gasteiger charge is -2.32. The van der Waals surface area contributed by atoms with Gasteiger partial charge in [0, 0.05) is 53.5 Å². The molecule has 0 aromatic heterocycles. The van der Waals surface area contributed by atoms with E-state index in [2.05, 4.69) is 5.32 Å². The Hall–Kier alpha value is -3.59. The molecule has 1 aliphatic heterocycles. The van der Waals surface area contributed by atoms with Crippen molar-refractivity contribution in [2.75, 3.05) is 17.4 Å². The Bertz CT molecular complexity index is 1750. The minimum atomic E-state index is -3.75. The number of hydrogen-bond donors (Lipinski definition) is 1. The lowest BCUT2D eigenvalue weighted by Crippen LogP contribution is -2.51. The van der Waals surface area contributed by atoms with E-state index in [9.17, 15) is 18.0 Å². The van der Waals surface area contributed by atoms with E-state index < -0.39 is 16.1 Å². The first-order valence-corrected chi connectivity index (χ1v) is 16.9. The van der Waals surface area contributed by atoms with Crippen molar-refractivity contribution in [1.82, 2.24) is 10.2 Å². The van der Waals surface area contributed by atoms with Gasteiger partial charge in [-0.2, -0.15) is 0 Å². The van der Waals surface area contributed by atoms with E-state index >= 15 is 0 Å². The molecule has 1 N–H and O–H groups in total. The Morgan fingerprint density at radius 3 is 2.23 bits per heavy atom. The third kappa shape index (κ3) is 6.72. The Labute approximate surface area is 268 Å². The van der Waals surface area contributed by atoms with Crippen LogP contribution in [0.25, 0.3) is 10.8 Å². The van der Waals surface area contributed by atoms with Crippen LogP contribution in [0.3, 0.4) is 0 Å². The number of carbonyl (C=O) groups is 2. The van der Waals surface area contributed by atoms with Crippen molar-refractivity contribution in [3.8, 4) is 0 Å². The summed E-state index contributed by atoms with van der Waals surface area (Å²) < 4.78 is 28.3. The quantitative estimate of drug-likeness (QED) is 0.182. The van der Waals surface area contributed by atoms with Crippen molar-refractivity contribution in [2.45, 2.75) is 50.6 Å². The first kappa shape index (κ1) is 31.8. The zero-order valence-electron chi connectivity index (χ0n) is 24.7. The molecule has 1 heterocycles. The number of halogens is 2. The first-order chi connectivity index (χ1) is 21.1. The molecule has 0 saturated heterocycles. The van der Waals surface area contributed by atoms with Gasteiger partial charge in [-0.05, 0) is 47.6 Å². The summed E-state index contributed by atoms with van der Waals surface area (Å²) >= 11 is 13.1. The molecule has 10 heteroatoms. The highest BCUT2D eigenvalue weighted by Gasteiger charge is 2.36. The van der Waals surface area contributed by atoms with Gasteiger partial charge in [0.1, 0.15) is 6.04 Å². The van der Waals surface area contributed by atoms with Crippen molar-refractivity contribution in [2.24, 2.45) is 5.92 Å². The number of sulfonamides is 1. The van der Waals surface area contributed by atoms with Gasteiger partial charge in [-0.1, -0.05) is 97.7 Å². The van der Waals surface area contributed by atoms with Crippen molar-refractivity contribution in [1.29, 1.82) is 0 Å². The van der Waals surface area contributed by atoms with E-state index in [1.54, 1.807) is 36.4 Å². The minimum Gasteiger partial charge on any atom is -0.354 e. The Kier molecular flexibility index (Phi) is 9.83. The lowest BCUT2D eigenvalue weighted by molar-refractivity contribution is -0.141. The smallest absolute Gasteiger partial charge is 0.265 e. The summed E-state index contributed by atoms with van der Waals surface area (Å²) in [4.78, 5) is 29.6. The molecule has 1 aliphatic rings. The van der Waals surface area contributed by atoms with Gasteiger partial charge in [0.2, 0.25) is 11.8 Å². The standard InChI is InChI=1S/C34H35Cl2N3O4S/c1-23(2)21-37-34(41)30(20-24-10-4-3-5-11-24)38(22-26-27(35)14-8-15-28(26)36)32(40)18-9-19-39-29-16-6-12-25-13-7-17-31(33(25)29)44(39,42)43/h3-8,10-17,23,30H,9,18-22H2,1-2H3,(H,37,41)/t30-/m0/s1. The van der Waals surface area contributed by atoms with E-state index in [4.69, 9.17) is 23.2 Å². The molecular formula is C34H35Cl2N3O4S. The minimum absolute atomic E-state index is 0.0170. The van der Waals surface area contributed by atoms with Crippen molar-refractivity contribution in [3.63, 3.8) is 0 Å². The molecule has 5 rings (SSSR count). The van der Waals surface area contributed by atoms with Gasteiger partial charge in [0.15, 0.2) is 0 Å². The number of carbonyl (C=O) groups excluding carboxylic acids is 2. The monoisotopic (exact) mass is 651 g/mol. The van der Waals surface area contributed by atoms with Crippen LogP contribution < -0.4 is 9.62 Å². The Balaban J connectivity index is 1.42. The summed E-state index contributed by atoms with van der Waals surface area (Å²) in [6, 6.07) is 24.6. The summed E-state index contributed by atoms with van der Waals surface area (Å²) in [7, 11) is -3.75. The number of benzene rings is 4. The summed E-state index contributed by atoms with van der Waals surface area (Å²) in [5.41, 5.74) is 2.05. The van der Waals surface area contributed by atoms with Gasteiger partial charge in [-0.3, -0.25) is 13.9 Å². The zero-order chi connectivity index (χ0) is 31.4. The molecule has 0 saturated carbocycles. The highest BCUT2D eigenvalue weighted by atomic mass is 35.5. The molecule has 1 atom stereocenters. The van der Waals surface area contributed by atoms with Gasteiger partial charge < -0.3 is 10.2 Å². The van der Waals surface area contributed by atoms with Gasteiger partial charge in [-0.15, -0.1) is 0 Å². The van der Waals surface area contributed by atoms with Crippen LogP contribution in [0, 0.1) is 5.92 Å². The van der Waals surface area contributed by atoms with Crippen LogP contribution >= 0.6 is 23.2 Å². The number of nitrogens with zero attached hydrogens (tertiary/aromatic N) is 2. The molecule has 0 aliphatic carbocycles. The average Bonchev–Trinajstić information content (AvgIpc) is 3.22. The second-order valence-electron chi connectivity index (χ2n) is 11.4. The number of nitrogens with one attached hydrogen (secondary N) is 1. The SMILES string of the molecule is CC(C)CNC(=O)[C@H](Cc1ccccc1)N(Cc1c(Cl)cccc1Cl)C(=O)CCCN1c2cccc3cccc(c23)S1(=O)=O. The Morgan fingerprint density at radius 2 is 1.55 bits per heavy atom. The fourth-order valence-electron chi connectivity index (χ4n) is 5.55. The van der Waals surface area contributed by atoms with E-state index in [0.717, 1.165) is 10.9 Å². The fourth-order valence-corrected chi connectivity index (χ4v) is 7.81. The van der Waals surface area contributed by atoms with Crippen LogP contribution in [0.2, 0.25) is 10.0 Å². The van der Waals surface area contributed by atoms with Gasteiger partial charge in [0.25, 0.3) is 10.0 Å². The topological polar surface area (TPSA) is 86.8 Å². The summed E-state index contributed by atoms with van der Waals surface area (Å²) in [5, 5.41) is 5.33. The molecule has 0 bridgehead atoms. The average molecular weight is 653 g/mol. The maximum atomic E-state index is 14.1. The molecule has 4 aromatic rings. The van der Waals surface area contributed by atoms with Crippen LogP contribution in [0.4, 0.5) is 5.69 Å². The third-order valence-electron chi connectivity index (χ3n) is 7.78. The van der Waals surface area contributed by atoms with E-state index in [1.807, 2.05) is 62.4 Å². The molecule has 2 amide bonds. The predicted octanol–water partition coefficient (Wildman–Crippen LogP) is 6.85. The van der Waals surface area contributed by atoms with Crippen LogP contribution in [0.1, 0.15) is 37.8 Å². The normalized spacial score (nSPS) is 14.2. The van der Waals surface area contributed by atoms with E-state index in [0.29, 0.717) is 33.2 Å². The summed E-state index contributed by atoms with van der Waals surface area (Å²) in [6.07, 6.45) is 0.556. The summed E-state index contributed by atoms with van der Waals surface area (Å²) in [6.45, 7) is 4.61. The number of amides is 2. The predicted molar refractivity (Wildman–Crippen MR) is 177 cm³/mol. The van der Waals surface area contributed by atoms with Crippen molar-refractivity contribution in [3.05, 3.63) is 106 Å². The lowest BCUT2D eigenvalue weighted by atomic mass is 10.0. The van der Waals surface area contributed by atoms with Crippen molar-refractivity contribution >= 4 is 61.5 Å². The molecule has 0 fully saturated rings. The molecule has 0 unspecified atom stereocenters. The molecule has 230 valence electrons. The van der Waals surface area contributed by atoms with Crippen LogP contribution in [0.5, 0.6) is 0 Å². The molecule has 0 radical (unpaired) electrons. The highest BCUT2D eigenvalue weighted by Crippen LogP contribution is 2.42. The third-order valence-corrected chi connectivity index (χ3v) is 10.3. The van der Waals surface area contributed by atoms with E-state index in [-0.39, 0.29) is 55.0 Å². The van der Waals surface area contributed by atoms with E-state index in [1.165, 1.54) is 9.21 Å². The molecule has 0 spiro atoms. The second kappa shape index (κ2) is 13.6. The molecular weight excluding hydrogens is 617 g/mol. The van der Waals surface area contributed by atoms with Crippen LogP contribution in [-0.2, 0) is 32.6 Å². The number of anilines is 1. The van der Waals surface area contributed by atoms with Gasteiger partial charge in [0.05, 0.1) is 10.6 Å². The number of hydrogen-bond acceptors (Lipinski definition) is 4. The molecule has 7 nitrogen and oxygen atoms in total. The van der Waals surface area contributed by atoms with Gasteiger partial charge >= 0.3 is 0 Å². The maximum absolute atomic E-state index is 14.1. The van der Waals surface area contributed by atoms with Crippen LogP contribution in [0.15, 0.2) is 89.8 Å². The highest BCUT2D eigenvalue weighted by molar-refractivity contribution is 7.93. The second-order valence-corrected chi connectivity index (χ2v) is 14.0. The maximum Gasteiger partial charge on any atom is 0.265 e.